The summed E-state index contributed by atoms with van der Waals surface area (Å²) in [7, 11) is 2.11. The van der Waals surface area contributed by atoms with Crippen molar-refractivity contribution in [1.82, 2.24) is 10.2 Å². The lowest BCUT2D eigenvalue weighted by Gasteiger charge is -2.34. The van der Waals surface area contributed by atoms with Crippen LogP contribution in [0.1, 0.15) is 54.8 Å². The van der Waals surface area contributed by atoms with Gasteiger partial charge in [0.05, 0.1) is 0 Å². The Hall–Kier alpha value is -0.860. The number of likely N-dealkylation sites (tertiary alicyclic amines) is 1. The Kier molecular flexibility index (Phi) is 4.66. The second-order valence-corrected chi connectivity index (χ2v) is 7.10. The monoisotopic (exact) mass is 286 g/mol. The first-order valence-corrected chi connectivity index (χ1v) is 8.67. The highest BCUT2D eigenvalue weighted by Gasteiger charge is 2.36. The van der Waals surface area contributed by atoms with Crippen LogP contribution in [0, 0.1) is 19.8 Å². The number of aryl methyl sites for hydroxylation is 2. The molecule has 0 radical (unpaired) electrons. The average Bonchev–Trinajstić information content (AvgIpc) is 2.89. The first-order chi connectivity index (χ1) is 10.2. The quantitative estimate of drug-likeness (QED) is 0.905. The molecule has 2 fully saturated rings. The highest BCUT2D eigenvalue weighted by molar-refractivity contribution is 5.33. The molecular formula is C19H30N2. The molecule has 21 heavy (non-hydrogen) atoms. The summed E-state index contributed by atoms with van der Waals surface area (Å²) >= 11 is 0. The maximum absolute atomic E-state index is 3.56. The van der Waals surface area contributed by atoms with E-state index in [4.69, 9.17) is 0 Å². The molecule has 1 aliphatic carbocycles. The van der Waals surface area contributed by atoms with Gasteiger partial charge in [-0.3, -0.25) is 4.90 Å². The third-order valence-corrected chi connectivity index (χ3v) is 5.69. The van der Waals surface area contributed by atoms with Gasteiger partial charge in [-0.2, -0.15) is 0 Å². The molecule has 0 spiro atoms. The number of rotatable bonds is 4. The molecule has 3 unspecified atom stereocenters. The lowest BCUT2D eigenvalue weighted by molar-refractivity contribution is 0.169. The molecule has 0 amide bonds. The zero-order valence-corrected chi connectivity index (χ0v) is 13.9. The number of likely N-dealkylation sites (N-methyl/N-ethyl adjacent to an activating group) is 1. The number of hydrogen-bond donors (Lipinski definition) is 1. The van der Waals surface area contributed by atoms with Gasteiger partial charge in [0.15, 0.2) is 0 Å². The molecule has 116 valence electrons. The molecule has 2 aliphatic rings. The fraction of sp³-hybridized carbons (Fsp3) is 0.684. The van der Waals surface area contributed by atoms with Crippen molar-refractivity contribution in [2.45, 2.75) is 58.0 Å². The van der Waals surface area contributed by atoms with Crippen LogP contribution in [0.3, 0.4) is 0 Å². The molecule has 1 saturated heterocycles. The molecule has 2 heteroatoms. The molecule has 1 N–H and O–H groups in total. The van der Waals surface area contributed by atoms with Crippen molar-refractivity contribution >= 4 is 0 Å². The maximum Gasteiger partial charge on any atom is 0.0449 e. The Morgan fingerprint density at radius 3 is 2.76 bits per heavy atom. The average molecular weight is 286 g/mol. The van der Waals surface area contributed by atoms with Gasteiger partial charge in [-0.05, 0) is 63.7 Å². The van der Waals surface area contributed by atoms with Crippen LogP contribution < -0.4 is 5.32 Å². The molecule has 3 atom stereocenters. The minimum absolute atomic E-state index is 0.464. The molecule has 1 heterocycles. The van der Waals surface area contributed by atoms with Crippen LogP contribution >= 0.6 is 0 Å². The molecule has 1 aliphatic heterocycles. The third-order valence-electron chi connectivity index (χ3n) is 5.69. The number of nitrogens with one attached hydrogen (secondary N) is 1. The van der Waals surface area contributed by atoms with E-state index in [1.165, 1.54) is 61.9 Å². The summed E-state index contributed by atoms with van der Waals surface area (Å²) in [5.74, 6) is 0.982. The number of hydrogen-bond acceptors (Lipinski definition) is 2. The third kappa shape index (κ3) is 3.17. The summed E-state index contributed by atoms with van der Waals surface area (Å²) in [4.78, 5) is 2.77. The van der Waals surface area contributed by atoms with E-state index in [0.717, 1.165) is 12.0 Å². The van der Waals surface area contributed by atoms with Crippen molar-refractivity contribution in [3.05, 3.63) is 34.9 Å². The van der Waals surface area contributed by atoms with Crippen LogP contribution in [0.5, 0.6) is 0 Å². The predicted octanol–water partition coefficient (Wildman–Crippen LogP) is 3.83. The summed E-state index contributed by atoms with van der Waals surface area (Å²) in [5, 5.41) is 3.56. The topological polar surface area (TPSA) is 15.3 Å². The van der Waals surface area contributed by atoms with Crippen molar-refractivity contribution in [2.24, 2.45) is 5.92 Å². The zero-order valence-electron chi connectivity index (χ0n) is 13.9. The van der Waals surface area contributed by atoms with Crippen LogP contribution in [0.2, 0.25) is 0 Å². The van der Waals surface area contributed by atoms with Crippen LogP contribution in [0.25, 0.3) is 0 Å². The minimum Gasteiger partial charge on any atom is -0.312 e. The van der Waals surface area contributed by atoms with Crippen LogP contribution in [-0.2, 0) is 0 Å². The summed E-state index contributed by atoms with van der Waals surface area (Å²) in [6.07, 6.45) is 7.21. The fourth-order valence-electron chi connectivity index (χ4n) is 4.53. The minimum atomic E-state index is 0.464. The summed E-state index contributed by atoms with van der Waals surface area (Å²) in [6.45, 7) is 6.90. The Bertz CT molecular complexity index is 482. The Morgan fingerprint density at radius 2 is 2.00 bits per heavy atom. The van der Waals surface area contributed by atoms with Gasteiger partial charge in [0.2, 0.25) is 0 Å². The molecular weight excluding hydrogens is 256 g/mol. The lowest BCUT2D eigenvalue weighted by Crippen LogP contribution is -2.40. The van der Waals surface area contributed by atoms with Gasteiger partial charge >= 0.3 is 0 Å². The summed E-state index contributed by atoms with van der Waals surface area (Å²) in [5.41, 5.74) is 4.26. The molecule has 1 aromatic rings. The van der Waals surface area contributed by atoms with Gasteiger partial charge in [-0.25, -0.2) is 0 Å². The molecule has 1 saturated carbocycles. The van der Waals surface area contributed by atoms with Crippen molar-refractivity contribution in [2.75, 3.05) is 20.1 Å². The van der Waals surface area contributed by atoms with Gasteiger partial charge in [-0.15, -0.1) is 0 Å². The maximum atomic E-state index is 3.56. The molecule has 0 bridgehead atoms. The van der Waals surface area contributed by atoms with E-state index < -0.39 is 0 Å². The van der Waals surface area contributed by atoms with Crippen molar-refractivity contribution < 1.29 is 0 Å². The summed E-state index contributed by atoms with van der Waals surface area (Å²) < 4.78 is 0. The van der Waals surface area contributed by atoms with Crippen molar-refractivity contribution in [3.8, 4) is 0 Å². The van der Waals surface area contributed by atoms with E-state index in [1.54, 1.807) is 0 Å². The molecule has 0 aromatic heterocycles. The summed E-state index contributed by atoms with van der Waals surface area (Å²) in [6, 6.07) is 8.21. The van der Waals surface area contributed by atoms with E-state index in [-0.39, 0.29) is 0 Å². The van der Waals surface area contributed by atoms with E-state index >= 15 is 0 Å². The first kappa shape index (κ1) is 15.1. The van der Waals surface area contributed by atoms with Crippen LogP contribution in [0.4, 0.5) is 0 Å². The van der Waals surface area contributed by atoms with Crippen molar-refractivity contribution in [1.29, 1.82) is 0 Å². The Balaban J connectivity index is 1.72. The first-order valence-electron chi connectivity index (χ1n) is 8.67. The van der Waals surface area contributed by atoms with E-state index in [9.17, 15) is 0 Å². The van der Waals surface area contributed by atoms with E-state index in [1.807, 2.05) is 0 Å². The molecule has 2 nitrogen and oxygen atoms in total. The van der Waals surface area contributed by atoms with Crippen molar-refractivity contribution in [3.63, 3.8) is 0 Å². The van der Waals surface area contributed by atoms with E-state index in [0.29, 0.717) is 6.04 Å². The Labute approximate surface area is 129 Å². The zero-order chi connectivity index (χ0) is 14.8. The second kappa shape index (κ2) is 6.50. The highest BCUT2D eigenvalue weighted by atomic mass is 15.2. The lowest BCUT2D eigenvalue weighted by atomic mass is 9.85. The van der Waals surface area contributed by atoms with E-state index in [2.05, 4.69) is 49.3 Å². The normalized spacial score (nSPS) is 27.6. The standard InChI is InChI=1S/C19H30N2/c1-14-8-9-17(15(2)12-14)18(20-3)13-21-11-10-16-6-4-5-7-19(16)21/h8-9,12,16,18-20H,4-7,10-11,13H2,1-3H3. The largest absolute Gasteiger partial charge is 0.312 e. The molecule has 3 rings (SSSR count). The molecule has 1 aromatic carbocycles. The van der Waals surface area contributed by atoms with Gasteiger partial charge in [0.1, 0.15) is 0 Å². The number of nitrogens with zero attached hydrogens (tertiary/aromatic N) is 1. The highest BCUT2D eigenvalue weighted by Crippen LogP contribution is 2.37. The Morgan fingerprint density at radius 1 is 1.19 bits per heavy atom. The SMILES string of the molecule is CNC(CN1CCC2CCCCC21)c1ccc(C)cc1C. The predicted molar refractivity (Wildman–Crippen MR) is 89.7 cm³/mol. The van der Waals surface area contributed by atoms with Gasteiger partial charge in [0.25, 0.3) is 0 Å². The number of fused-ring (bicyclic) bond motifs is 1. The number of benzene rings is 1. The smallest absolute Gasteiger partial charge is 0.0449 e. The second-order valence-electron chi connectivity index (χ2n) is 7.10. The van der Waals surface area contributed by atoms with Crippen LogP contribution in [0.15, 0.2) is 18.2 Å². The van der Waals surface area contributed by atoms with Gasteiger partial charge in [0, 0.05) is 18.6 Å². The van der Waals surface area contributed by atoms with Crippen LogP contribution in [-0.4, -0.2) is 31.1 Å². The fourth-order valence-corrected chi connectivity index (χ4v) is 4.53. The van der Waals surface area contributed by atoms with Gasteiger partial charge < -0.3 is 5.32 Å². The van der Waals surface area contributed by atoms with Gasteiger partial charge in [-0.1, -0.05) is 36.6 Å².